The number of alkyl halides is 1. The number of hydrogen-bond donors (Lipinski definition) is 1. The summed E-state index contributed by atoms with van der Waals surface area (Å²) in [6.07, 6.45) is 4.47. The van der Waals surface area contributed by atoms with Gasteiger partial charge >= 0.3 is 17.9 Å². The minimum absolute atomic E-state index is 0.0675. The molecule has 0 spiro atoms. The van der Waals surface area contributed by atoms with Gasteiger partial charge in [0, 0.05) is 29.1 Å². The zero-order chi connectivity index (χ0) is 38.1. The Morgan fingerprint density at radius 1 is 1.02 bits per heavy atom. The van der Waals surface area contributed by atoms with Gasteiger partial charge in [0.25, 0.3) is 0 Å². The number of esters is 3. The molecule has 0 aromatic heterocycles. The number of aliphatic hydroxyl groups excluding tert-OH is 1. The Morgan fingerprint density at radius 2 is 1.71 bits per heavy atom. The summed E-state index contributed by atoms with van der Waals surface area (Å²) in [5, 5.41) is 11.8. The number of allylic oxidation sites excluding steroid dienone is 4. The van der Waals surface area contributed by atoms with E-state index in [4.69, 9.17) is 26.4 Å². The van der Waals surface area contributed by atoms with Crippen molar-refractivity contribution in [1.82, 2.24) is 0 Å². The summed E-state index contributed by atoms with van der Waals surface area (Å²) in [6, 6.07) is 6.75. The topological polar surface area (TPSA) is 133 Å². The van der Waals surface area contributed by atoms with Crippen LogP contribution in [0.3, 0.4) is 0 Å². The summed E-state index contributed by atoms with van der Waals surface area (Å²) in [6.45, 7) is 8.49. The molecule has 12 heteroatoms. The van der Waals surface area contributed by atoms with Crippen molar-refractivity contribution in [1.29, 1.82) is 0 Å². The lowest BCUT2D eigenvalue weighted by atomic mass is 9.44. The fraction of sp³-hybridized carbons (Fsp3) is 0.600. The van der Waals surface area contributed by atoms with Crippen LogP contribution < -0.4 is 4.74 Å². The van der Waals surface area contributed by atoms with Gasteiger partial charge in [0.1, 0.15) is 5.75 Å². The molecule has 0 saturated heterocycles. The van der Waals surface area contributed by atoms with E-state index < -0.39 is 76.3 Å². The number of ether oxygens (including phenoxy) is 3. The normalized spacial score (nSPS) is 33.2. The Labute approximate surface area is 314 Å². The summed E-state index contributed by atoms with van der Waals surface area (Å²) < 4.78 is 35.4. The zero-order valence-corrected chi connectivity index (χ0v) is 32.2. The van der Waals surface area contributed by atoms with E-state index in [2.05, 4.69) is 0 Å². The number of carbonyl (C=O) groups excluding carboxylic acids is 5. The number of thiocarbonyl (C=S) groups is 1. The molecule has 0 unspecified atom stereocenters. The van der Waals surface area contributed by atoms with Crippen molar-refractivity contribution < 1.29 is 47.7 Å². The maximum atomic E-state index is 17.7. The molecule has 5 rings (SSSR count). The molecule has 4 aliphatic rings. The monoisotopic (exact) mass is 756 g/mol. The highest BCUT2D eigenvalue weighted by molar-refractivity contribution is 8.23. The molecule has 0 amide bonds. The molecule has 0 radical (unpaired) electrons. The first kappa shape index (κ1) is 40.0. The van der Waals surface area contributed by atoms with Crippen LogP contribution in [0.5, 0.6) is 5.75 Å². The predicted octanol–water partition coefficient (Wildman–Crippen LogP) is 7.00. The van der Waals surface area contributed by atoms with E-state index in [-0.39, 0.29) is 31.5 Å². The van der Waals surface area contributed by atoms with Crippen LogP contribution in [0.1, 0.15) is 98.0 Å². The third kappa shape index (κ3) is 6.95. The molecule has 52 heavy (non-hydrogen) atoms. The number of hydrogen-bond acceptors (Lipinski definition) is 11. The number of thioether (sulfide) groups is 1. The summed E-state index contributed by atoms with van der Waals surface area (Å²) in [4.78, 5) is 65.4. The van der Waals surface area contributed by atoms with E-state index in [0.29, 0.717) is 37.0 Å². The van der Waals surface area contributed by atoms with Crippen molar-refractivity contribution in [3.05, 3.63) is 53.6 Å². The minimum atomic E-state index is -2.13. The zero-order valence-electron chi connectivity index (χ0n) is 30.5. The standard InChI is InChI=1S/C40H49FO9S2/c1-6-8-9-35(47)50-40(32(44)23-48-33(45)16-17-34(46)49-28-13-10-25(11-14-28)36(51)52-7-2)24(3)20-30-29-15-12-26-21-27(42)18-19-37(26,4)39(29,41)31(43)22-38(30,40)5/h10-11,13-14,18-19,21,24,29-31,43H,6-9,12,15-17,20,22-23H2,1-5H3/t24-,29-,30-,31-,37-,38-,39-,40-/m0/s1. The molecule has 4 aliphatic carbocycles. The largest absolute Gasteiger partial charge is 0.457 e. The second kappa shape index (κ2) is 15.6. The van der Waals surface area contributed by atoms with E-state index >= 15 is 4.39 Å². The van der Waals surface area contributed by atoms with Crippen LogP contribution in [0.4, 0.5) is 4.39 Å². The summed E-state index contributed by atoms with van der Waals surface area (Å²) in [5.74, 6) is -3.54. The number of benzene rings is 1. The summed E-state index contributed by atoms with van der Waals surface area (Å²) in [5.41, 5.74) is -4.87. The Balaban J connectivity index is 1.31. The maximum absolute atomic E-state index is 17.7. The first-order chi connectivity index (χ1) is 24.6. The molecule has 3 fully saturated rings. The second-order valence-electron chi connectivity index (χ2n) is 15.0. The molecular formula is C40H49FO9S2. The van der Waals surface area contributed by atoms with Gasteiger partial charge in [-0.1, -0.05) is 58.0 Å². The van der Waals surface area contributed by atoms with Gasteiger partial charge in [0.15, 0.2) is 23.7 Å². The molecule has 0 heterocycles. The maximum Gasteiger partial charge on any atom is 0.311 e. The molecule has 0 bridgehead atoms. The van der Waals surface area contributed by atoms with Crippen molar-refractivity contribution in [2.75, 3.05) is 12.4 Å². The summed E-state index contributed by atoms with van der Waals surface area (Å²) in [7, 11) is 0. The number of rotatable bonds is 13. The molecule has 1 N–H and O–H groups in total. The third-order valence-corrected chi connectivity index (χ3v) is 13.5. The second-order valence-corrected chi connectivity index (χ2v) is 17.0. The minimum Gasteiger partial charge on any atom is -0.457 e. The molecule has 9 nitrogen and oxygen atoms in total. The van der Waals surface area contributed by atoms with Crippen molar-refractivity contribution in [3.8, 4) is 5.75 Å². The molecule has 3 saturated carbocycles. The predicted molar refractivity (Wildman–Crippen MR) is 198 cm³/mol. The molecule has 0 aliphatic heterocycles. The van der Waals surface area contributed by atoms with Crippen LogP contribution in [0.25, 0.3) is 0 Å². The molecule has 282 valence electrons. The van der Waals surface area contributed by atoms with Crippen LogP contribution in [-0.2, 0) is 33.4 Å². The van der Waals surface area contributed by atoms with Crippen molar-refractivity contribution in [3.63, 3.8) is 0 Å². The quantitative estimate of drug-likeness (QED) is 0.127. The number of ketones is 2. The first-order valence-electron chi connectivity index (χ1n) is 18.3. The third-order valence-electron chi connectivity index (χ3n) is 12.1. The Morgan fingerprint density at radius 3 is 2.38 bits per heavy atom. The van der Waals surface area contributed by atoms with Crippen LogP contribution in [0.2, 0.25) is 0 Å². The number of fused-ring (bicyclic) bond motifs is 5. The number of carbonyl (C=O) groups is 5. The van der Waals surface area contributed by atoms with E-state index in [0.717, 1.165) is 21.9 Å². The van der Waals surface area contributed by atoms with Gasteiger partial charge in [0.05, 0.1) is 23.1 Å². The number of halogens is 1. The van der Waals surface area contributed by atoms with Crippen LogP contribution >= 0.6 is 24.0 Å². The van der Waals surface area contributed by atoms with Gasteiger partial charge in [-0.2, -0.15) is 0 Å². The van der Waals surface area contributed by atoms with E-state index in [1.54, 1.807) is 51.1 Å². The number of unbranched alkanes of at least 4 members (excludes halogenated alkanes) is 1. The fourth-order valence-electron chi connectivity index (χ4n) is 9.54. The lowest BCUT2D eigenvalue weighted by Crippen LogP contribution is -2.70. The molecule has 1 aromatic carbocycles. The van der Waals surface area contributed by atoms with Gasteiger partial charge in [-0.15, -0.1) is 11.8 Å². The first-order valence-corrected chi connectivity index (χ1v) is 19.7. The molecular weight excluding hydrogens is 708 g/mol. The van der Waals surface area contributed by atoms with Crippen molar-refractivity contribution in [2.24, 2.45) is 28.6 Å². The van der Waals surface area contributed by atoms with Gasteiger partial charge < -0.3 is 19.3 Å². The molecule has 8 atom stereocenters. The number of aliphatic hydroxyl groups is 1. The SMILES string of the molecule is CCCCC(=O)O[C@]1(C(=O)COC(=O)CCC(=O)Oc2ccc(C(=S)SCC)cc2)[C@@H](C)C[C@H]2[C@@H]3CCC4=CC(=O)C=C[C@]4(C)[C@@]3(F)[C@@H](O)C[C@@]21C. The van der Waals surface area contributed by atoms with Gasteiger partial charge in [-0.25, -0.2) is 4.39 Å². The highest BCUT2D eigenvalue weighted by atomic mass is 32.2. The van der Waals surface area contributed by atoms with Gasteiger partial charge in [0.2, 0.25) is 5.78 Å². The Hall–Kier alpha value is -3.22. The van der Waals surface area contributed by atoms with Gasteiger partial charge in [-0.05, 0) is 92.7 Å². The Bertz CT molecular complexity index is 1670. The van der Waals surface area contributed by atoms with Crippen molar-refractivity contribution >= 4 is 57.7 Å². The molecule has 1 aromatic rings. The number of Topliss-reactive ketones (excluding diaryl/α,β-unsaturated/α-hetero) is 1. The van der Waals surface area contributed by atoms with E-state index in [1.165, 1.54) is 23.9 Å². The smallest absolute Gasteiger partial charge is 0.311 e. The van der Waals surface area contributed by atoms with Crippen LogP contribution in [0, 0.1) is 28.6 Å². The van der Waals surface area contributed by atoms with E-state index in [1.807, 2.05) is 13.8 Å². The lowest BCUT2D eigenvalue weighted by molar-refractivity contribution is -0.228. The lowest BCUT2D eigenvalue weighted by Gasteiger charge is -2.62. The fourth-order valence-corrected chi connectivity index (χ4v) is 10.6. The highest BCUT2D eigenvalue weighted by Crippen LogP contribution is 2.71. The van der Waals surface area contributed by atoms with Crippen LogP contribution in [0.15, 0.2) is 48.1 Å². The summed E-state index contributed by atoms with van der Waals surface area (Å²) >= 11 is 6.89. The van der Waals surface area contributed by atoms with Crippen molar-refractivity contribution in [2.45, 2.75) is 110 Å². The van der Waals surface area contributed by atoms with Gasteiger partial charge in [-0.3, -0.25) is 24.0 Å². The van der Waals surface area contributed by atoms with E-state index in [9.17, 15) is 29.1 Å². The average molecular weight is 757 g/mol. The average Bonchev–Trinajstić information content (AvgIpc) is 3.32. The Kier molecular flexibility index (Phi) is 12.0. The van der Waals surface area contributed by atoms with Crippen LogP contribution in [-0.4, -0.2) is 68.5 Å². The highest BCUT2D eigenvalue weighted by Gasteiger charge is 2.77.